The summed E-state index contributed by atoms with van der Waals surface area (Å²) in [6.45, 7) is 9.47. The Balaban J connectivity index is 0.601. The minimum atomic E-state index is -0.120. The summed E-state index contributed by atoms with van der Waals surface area (Å²) in [5.74, 6) is 0.681. The largest absolute Gasteiger partial charge is 0.309 e. The molecule has 0 saturated carbocycles. The van der Waals surface area contributed by atoms with Gasteiger partial charge in [0.15, 0.2) is 5.82 Å². The fourth-order valence-electron chi connectivity index (χ4n) is 19.9. The second-order valence-electron chi connectivity index (χ2n) is 31.6. The first kappa shape index (κ1) is 61.2. The molecule has 6 nitrogen and oxygen atoms in total. The second kappa shape index (κ2) is 22.3. The van der Waals surface area contributed by atoms with E-state index in [1.54, 1.807) is 0 Å². The van der Waals surface area contributed by atoms with E-state index in [2.05, 4.69) is 386 Å². The standard InChI is InChI=1S/C104H68N6/c1-103(2)86-29-11-5-21-72(86)74-53-47-70(59-88(74)103)109-92-33-15-9-25-78(92)82-51-41-66(57-96(82)109)64-39-49-80-76-23-7-13-31-90(76)107(94(80)55-64)68-43-35-62(36-44-68)100-99-84-27-17-19-61-20-18-28-85(98(61)84)101(99)106-102(105-100)63-37-45-69(46-38-63)108-91-32-14-8-24-77(91)81-50-40-65(56-95(81)108)67-42-52-83-79-26-10-16-34-93(79)110(97(83)58-67)71-48-54-75-73-22-6-12-30-87(73)104(3,4)89(75)60-71/h5-60H,1-4H3. The predicted molar refractivity (Wildman–Crippen MR) is 458 cm³/mol. The fourth-order valence-corrected chi connectivity index (χ4v) is 19.9. The molecule has 110 heavy (non-hydrogen) atoms. The van der Waals surface area contributed by atoms with E-state index >= 15 is 0 Å². The molecule has 514 valence electrons. The summed E-state index contributed by atoms with van der Waals surface area (Å²) < 4.78 is 9.83. The molecular weight excluding hydrogens is 1330 g/mol. The van der Waals surface area contributed by atoms with E-state index in [0.717, 1.165) is 94.9 Å². The number of para-hydroxylation sites is 4. The first-order valence-corrected chi connectivity index (χ1v) is 38.4. The molecule has 0 radical (unpaired) electrons. The molecule has 0 unspecified atom stereocenters. The molecule has 0 aliphatic heterocycles. The lowest BCUT2D eigenvalue weighted by Gasteiger charge is -2.22. The van der Waals surface area contributed by atoms with E-state index in [4.69, 9.17) is 9.97 Å². The highest BCUT2D eigenvalue weighted by molar-refractivity contribution is 6.18. The smallest absolute Gasteiger partial charge is 0.160 e. The van der Waals surface area contributed by atoms with E-state index in [1.165, 1.54) is 132 Å². The van der Waals surface area contributed by atoms with Gasteiger partial charge in [0, 0.05) is 98.9 Å². The van der Waals surface area contributed by atoms with Crippen molar-refractivity contribution in [3.05, 3.63) is 362 Å². The van der Waals surface area contributed by atoms with Crippen LogP contribution >= 0.6 is 0 Å². The van der Waals surface area contributed by atoms with Crippen molar-refractivity contribution in [2.24, 2.45) is 0 Å². The van der Waals surface area contributed by atoms with Crippen LogP contribution in [0.3, 0.4) is 0 Å². The lowest BCUT2D eigenvalue weighted by molar-refractivity contribution is 0.660. The predicted octanol–water partition coefficient (Wildman–Crippen LogP) is 26.9. The maximum absolute atomic E-state index is 5.68. The summed E-state index contributed by atoms with van der Waals surface area (Å²) in [6.07, 6.45) is 0. The van der Waals surface area contributed by atoms with Gasteiger partial charge in [-0.3, -0.25) is 0 Å². The molecule has 3 aliphatic carbocycles. The van der Waals surface area contributed by atoms with Crippen LogP contribution in [0.1, 0.15) is 49.9 Å². The van der Waals surface area contributed by atoms with Crippen molar-refractivity contribution in [3.63, 3.8) is 0 Å². The third-order valence-corrected chi connectivity index (χ3v) is 25.1. The number of benzene rings is 16. The van der Waals surface area contributed by atoms with Crippen LogP contribution in [-0.4, -0.2) is 28.2 Å². The van der Waals surface area contributed by atoms with Crippen LogP contribution in [0.2, 0.25) is 0 Å². The van der Waals surface area contributed by atoms with Gasteiger partial charge < -0.3 is 18.3 Å². The summed E-state index contributed by atoms with van der Waals surface area (Å²) in [4.78, 5) is 11.3. The van der Waals surface area contributed by atoms with Gasteiger partial charge in [-0.1, -0.05) is 258 Å². The summed E-state index contributed by atoms with van der Waals surface area (Å²) in [5, 5.41) is 12.2. The van der Waals surface area contributed by atoms with Crippen LogP contribution in [0.25, 0.3) is 210 Å². The summed E-state index contributed by atoms with van der Waals surface area (Å²) in [5.41, 5.74) is 36.2. The summed E-state index contributed by atoms with van der Waals surface area (Å²) in [7, 11) is 0. The number of hydrogen-bond acceptors (Lipinski definition) is 2. The number of nitrogens with zero attached hydrogens (tertiary/aromatic N) is 6. The second-order valence-corrected chi connectivity index (χ2v) is 31.6. The van der Waals surface area contributed by atoms with Gasteiger partial charge in [0.05, 0.1) is 55.5 Å². The van der Waals surface area contributed by atoms with Crippen LogP contribution in [0.15, 0.2) is 340 Å². The van der Waals surface area contributed by atoms with Crippen molar-refractivity contribution < 1.29 is 0 Å². The molecule has 0 saturated heterocycles. The lowest BCUT2D eigenvalue weighted by atomic mass is 9.82. The summed E-state index contributed by atoms with van der Waals surface area (Å²) >= 11 is 0. The number of fused-ring (bicyclic) bond motifs is 21. The van der Waals surface area contributed by atoms with E-state index in [-0.39, 0.29) is 10.8 Å². The number of rotatable bonds is 8. The Morgan fingerprint density at radius 2 is 0.536 bits per heavy atom. The zero-order chi connectivity index (χ0) is 72.6. The van der Waals surface area contributed by atoms with Crippen molar-refractivity contribution in [3.8, 4) is 112 Å². The zero-order valence-electron chi connectivity index (χ0n) is 61.0. The third-order valence-electron chi connectivity index (χ3n) is 25.1. The van der Waals surface area contributed by atoms with Crippen LogP contribution in [-0.2, 0) is 10.8 Å². The average molecular weight is 1400 g/mol. The molecule has 5 heterocycles. The van der Waals surface area contributed by atoms with Crippen molar-refractivity contribution in [2.75, 3.05) is 0 Å². The summed E-state index contributed by atoms with van der Waals surface area (Å²) in [6, 6.07) is 127. The van der Waals surface area contributed by atoms with Crippen molar-refractivity contribution in [1.82, 2.24) is 28.2 Å². The molecule has 24 rings (SSSR count). The van der Waals surface area contributed by atoms with Gasteiger partial charge in [-0.15, -0.1) is 0 Å². The van der Waals surface area contributed by atoms with E-state index in [1.807, 2.05) is 0 Å². The van der Waals surface area contributed by atoms with Gasteiger partial charge in [-0.2, -0.15) is 0 Å². The Kier molecular flexibility index (Phi) is 12.4. The van der Waals surface area contributed by atoms with Gasteiger partial charge in [0.1, 0.15) is 0 Å². The van der Waals surface area contributed by atoms with E-state index in [0.29, 0.717) is 5.82 Å². The molecule has 21 aromatic rings. The molecule has 0 fully saturated rings. The minimum Gasteiger partial charge on any atom is -0.309 e. The van der Waals surface area contributed by atoms with Gasteiger partial charge in [-0.25, -0.2) is 9.97 Å². The normalized spacial score (nSPS) is 13.6. The molecule has 5 aromatic heterocycles. The van der Waals surface area contributed by atoms with Crippen LogP contribution < -0.4 is 0 Å². The number of hydrogen-bond donors (Lipinski definition) is 0. The number of aromatic nitrogens is 6. The molecule has 0 amide bonds. The van der Waals surface area contributed by atoms with Crippen molar-refractivity contribution in [1.29, 1.82) is 0 Å². The van der Waals surface area contributed by atoms with Crippen LogP contribution in [0.4, 0.5) is 0 Å². The Morgan fingerprint density at radius 1 is 0.218 bits per heavy atom. The van der Waals surface area contributed by atoms with E-state index < -0.39 is 0 Å². The first-order chi connectivity index (χ1) is 54.1. The molecule has 3 aliphatic rings. The SMILES string of the molecule is CC1(C)c2ccccc2-c2ccc(-n3c4ccccc4c4ccc(-c5ccc6c7ccccc7n(-c7ccc(-c8nc(-c9ccc(-n%10c%11ccccc%11c%11ccc(-c%12ccc%13c%14ccccc%14n(-c%14ccc%15c(c%14)C(C)(C)c%14ccccc%14-%15)c%13c%12)cc%11%10)cc9)c9c(n8)-c8cccc%10cccc-9c8%10)cc7)c6c5)cc43)cc21. The van der Waals surface area contributed by atoms with Crippen molar-refractivity contribution >= 4 is 98.0 Å². The van der Waals surface area contributed by atoms with Crippen molar-refractivity contribution in [2.45, 2.75) is 38.5 Å². The van der Waals surface area contributed by atoms with Crippen LogP contribution in [0.5, 0.6) is 0 Å². The topological polar surface area (TPSA) is 45.5 Å². The minimum absolute atomic E-state index is 0.120. The van der Waals surface area contributed by atoms with E-state index in [9.17, 15) is 0 Å². The zero-order valence-corrected chi connectivity index (χ0v) is 61.0. The molecular formula is C104H68N6. The average Bonchev–Trinajstić information content (AvgIpc) is 1.57. The van der Waals surface area contributed by atoms with Crippen LogP contribution in [0, 0.1) is 0 Å². The molecule has 0 atom stereocenters. The Labute approximate surface area is 634 Å². The first-order valence-electron chi connectivity index (χ1n) is 38.4. The van der Waals surface area contributed by atoms with Gasteiger partial charge >= 0.3 is 0 Å². The van der Waals surface area contributed by atoms with Gasteiger partial charge in [0.25, 0.3) is 0 Å². The highest BCUT2D eigenvalue weighted by atomic mass is 15.0. The monoisotopic (exact) mass is 1400 g/mol. The Bertz CT molecular complexity index is 7630. The van der Waals surface area contributed by atoms with Gasteiger partial charge in [-0.05, 0) is 192 Å². The van der Waals surface area contributed by atoms with Gasteiger partial charge in [0.2, 0.25) is 0 Å². The molecule has 0 N–H and O–H groups in total. The fraction of sp³-hybridized carbons (Fsp3) is 0.0577. The molecule has 6 heteroatoms. The molecule has 0 spiro atoms. The Morgan fingerprint density at radius 3 is 0.964 bits per heavy atom. The highest BCUT2D eigenvalue weighted by Gasteiger charge is 2.38. The maximum Gasteiger partial charge on any atom is 0.160 e. The molecule has 16 aromatic carbocycles. The highest BCUT2D eigenvalue weighted by Crippen LogP contribution is 2.54. The quantitative estimate of drug-likeness (QED) is 0.152. The Hall–Kier alpha value is -13.9. The third kappa shape index (κ3) is 8.47. The maximum atomic E-state index is 5.68. The lowest BCUT2D eigenvalue weighted by Crippen LogP contribution is -2.15. The molecule has 0 bridgehead atoms.